The van der Waals surface area contributed by atoms with Crippen LogP contribution in [0.25, 0.3) is 0 Å². The molecule has 0 aliphatic carbocycles. The first-order chi connectivity index (χ1) is 13.2. The fraction of sp³-hybridized carbons (Fsp3) is 0.667. The number of esters is 1. The van der Waals surface area contributed by atoms with Gasteiger partial charge in [-0.2, -0.15) is 0 Å². The number of carbonyl (C=O) groups excluding carboxylic acids is 1. The summed E-state index contributed by atoms with van der Waals surface area (Å²) in [6.45, 7) is 2.52. The van der Waals surface area contributed by atoms with Gasteiger partial charge in [-0.25, -0.2) is 8.78 Å². The maximum absolute atomic E-state index is 13.2. The minimum atomic E-state index is -2.80. The minimum Gasteiger partial charge on any atom is -0.497 e. The SMILES string of the molecule is COc1ccc(C[C@H]2CCCC(N)C(=O)O[C@@H](C)[C@@H]2OCCC(C)(F)F)cc1. The number of methoxy groups -OCH3 is 1. The molecular formula is C21H31F2NO4. The molecule has 0 saturated carbocycles. The van der Waals surface area contributed by atoms with Crippen molar-refractivity contribution in [3.05, 3.63) is 29.8 Å². The summed E-state index contributed by atoms with van der Waals surface area (Å²) in [7, 11) is 1.61. The lowest BCUT2D eigenvalue weighted by molar-refractivity contribution is -0.161. The Morgan fingerprint density at radius 1 is 1.25 bits per heavy atom. The van der Waals surface area contributed by atoms with Crippen molar-refractivity contribution in [2.75, 3.05) is 13.7 Å². The first kappa shape index (κ1) is 22.6. The van der Waals surface area contributed by atoms with E-state index < -0.39 is 30.1 Å². The predicted molar refractivity (Wildman–Crippen MR) is 103 cm³/mol. The van der Waals surface area contributed by atoms with Gasteiger partial charge in [0.1, 0.15) is 17.9 Å². The van der Waals surface area contributed by atoms with Crippen LogP contribution < -0.4 is 10.5 Å². The number of ether oxygens (including phenoxy) is 3. The maximum atomic E-state index is 13.2. The van der Waals surface area contributed by atoms with E-state index in [1.807, 2.05) is 24.3 Å². The molecule has 158 valence electrons. The van der Waals surface area contributed by atoms with E-state index in [4.69, 9.17) is 19.9 Å². The van der Waals surface area contributed by atoms with Gasteiger partial charge in [-0.3, -0.25) is 4.79 Å². The molecule has 28 heavy (non-hydrogen) atoms. The van der Waals surface area contributed by atoms with Crippen LogP contribution in [0.5, 0.6) is 5.75 Å². The number of cyclic esters (lactones) is 1. The molecule has 1 aliphatic heterocycles. The number of alkyl halides is 2. The summed E-state index contributed by atoms with van der Waals surface area (Å²) < 4.78 is 43.0. The Bertz CT molecular complexity index is 618. The summed E-state index contributed by atoms with van der Waals surface area (Å²) in [5, 5.41) is 0. The highest BCUT2D eigenvalue weighted by atomic mass is 19.3. The van der Waals surface area contributed by atoms with E-state index in [9.17, 15) is 13.6 Å². The zero-order chi connectivity index (χ0) is 20.7. The summed E-state index contributed by atoms with van der Waals surface area (Å²) in [6, 6.07) is 7.06. The van der Waals surface area contributed by atoms with Gasteiger partial charge in [0.05, 0.1) is 19.8 Å². The van der Waals surface area contributed by atoms with Crippen molar-refractivity contribution < 1.29 is 27.8 Å². The van der Waals surface area contributed by atoms with Gasteiger partial charge < -0.3 is 19.9 Å². The van der Waals surface area contributed by atoms with Crippen molar-refractivity contribution >= 4 is 5.97 Å². The Morgan fingerprint density at radius 2 is 1.93 bits per heavy atom. The van der Waals surface area contributed by atoms with Crippen LogP contribution in [0.2, 0.25) is 0 Å². The van der Waals surface area contributed by atoms with Crippen LogP contribution in [0.1, 0.15) is 45.1 Å². The molecule has 2 rings (SSSR count). The van der Waals surface area contributed by atoms with Crippen molar-refractivity contribution in [2.45, 2.75) is 70.1 Å². The van der Waals surface area contributed by atoms with Gasteiger partial charge in [-0.15, -0.1) is 0 Å². The molecule has 1 aromatic carbocycles. The Hall–Kier alpha value is -1.73. The Balaban J connectivity index is 2.16. The van der Waals surface area contributed by atoms with Gasteiger partial charge in [0.15, 0.2) is 0 Å². The molecule has 1 saturated heterocycles. The van der Waals surface area contributed by atoms with Gasteiger partial charge in [-0.1, -0.05) is 18.6 Å². The van der Waals surface area contributed by atoms with Gasteiger partial charge >= 0.3 is 5.97 Å². The largest absolute Gasteiger partial charge is 0.497 e. The third kappa shape index (κ3) is 7.02. The molecule has 0 amide bonds. The predicted octanol–water partition coefficient (Wildman–Crippen LogP) is 3.73. The van der Waals surface area contributed by atoms with Crippen molar-refractivity contribution in [3.8, 4) is 5.75 Å². The molecule has 0 aromatic heterocycles. The van der Waals surface area contributed by atoms with Crippen LogP contribution in [0.4, 0.5) is 8.78 Å². The first-order valence-electron chi connectivity index (χ1n) is 9.78. The Morgan fingerprint density at radius 3 is 2.54 bits per heavy atom. The molecule has 2 N–H and O–H groups in total. The van der Waals surface area contributed by atoms with Crippen LogP contribution in [0.3, 0.4) is 0 Å². The van der Waals surface area contributed by atoms with E-state index >= 15 is 0 Å². The van der Waals surface area contributed by atoms with Gasteiger partial charge in [0, 0.05) is 6.42 Å². The summed E-state index contributed by atoms with van der Waals surface area (Å²) in [5.74, 6) is -2.48. The fourth-order valence-electron chi connectivity index (χ4n) is 3.53. The minimum absolute atomic E-state index is 0.0203. The number of halogens is 2. The smallest absolute Gasteiger partial charge is 0.323 e. The summed E-state index contributed by atoms with van der Waals surface area (Å²) >= 11 is 0. The average Bonchev–Trinajstić information content (AvgIpc) is 2.67. The van der Waals surface area contributed by atoms with Crippen LogP contribution in [0, 0.1) is 5.92 Å². The topological polar surface area (TPSA) is 70.8 Å². The molecule has 0 bridgehead atoms. The summed E-state index contributed by atoms with van der Waals surface area (Å²) in [6.07, 6.45) is 1.32. The number of nitrogens with two attached hydrogens (primary N) is 1. The molecule has 7 heteroatoms. The zero-order valence-corrected chi connectivity index (χ0v) is 16.8. The van der Waals surface area contributed by atoms with Crippen LogP contribution in [-0.2, 0) is 20.7 Å². The van der Waals surface area contributed by atoms with Gasteiger partial charge in [0.25, 0.3) is 0 Å². The molecule has 1 aliphatic rings. The molecule has 4 atom stereocenters. The van der Waals surface area contributed by atoms with Crippen molar-refractivity contribution in [1.82, 2.24) is 0 Å². The highest BCUT2D eigenvalue weighted by Crippen LogP contribution is 2.28. The monoisotopic (exact) mass is 399 g/mol. The molecule has 5 nitrogen and oxygen atoms in total. The van der Waals surface area contributed by atoms with Crippen LogP contribution in [0.15, 0.2) is 24.3 Å². The van der Waals surface area contributed by atoms with Crippen molar-refractivity contribution in [1.29, 1.82) is 0 Å². The molecule has 0 spiro atoms. The standard InChI is InChI=1S/C21H31F2NO4/c1-14-19(27-12-11-21(2,22)23)16(5-4-6-18(24)20(25)28-14)13-15-7-9-17(26-3)10-8-15/h7-10,14,16,18-19H,4-6,11-13,24H2,1-3H3/t14-,16+,18?,19-/m0/s1. The number of rotatable bonds is 7. The molecule has 1 aromatic rings. The normalized spacial score (nSPS) is 26.7. The van der Waals surface area contributed by atoms with Gasteiger partial charge in [0.2, 0.25) is 5.92 Å². The summed E-state index contributed by atoms with van der Waals surface area (Å²) in [5.41, 5.74) is 6.97. The number of benzene rings is 1. The van der Waals surface area contributed by atoms with E-state index in [0.717, 1.165) is 31.1 Å². The quantitative estimate of drug-likeness (QED) is 0.708. The number of carbonyl (C=O) groups is 1. The van der Waals surface area contributed by atoms with Crippen LogP contribution >= 0.6 is 0 Å². The highest BCUT2D eigenvalue weighted by molar-refractivity contribution is 5.75. The van der Waals surface area contributed by atoms with E-state index in [-0.39, 0.29) is 18.9 Å². The van der Waals surface area contributed by atoms with Crippen molar-refractivity contribution in [2.24, 2.45) is 11.7 Å². The average molecular weight is 399 g/mol. The maximum Gasteiger partial charge on any atom is 0.323 e. The highest BCUT2D eigenvalue weighted by Gasteiger charge is 2.34. The third-order valence-electron chi connectivity index (χ3n) is 5.13. The second-order valence-electron chi connectivity index (χ2n) is 7.65. The molecule has 1 unspecified atom stereocenters. The van der Waals surface area contributed by atoms with Crippen LogP contribution in [-0.4, -0.2) is 43.9 Å². The molecular weight excluding hydrogens is 368 g/mol. The van der Waals surface area contributed by atoms with E-state index in [2.05, 4.69) is 0 Å². The van der Waals surface area contributed by atoms with E-state index in [1.165, 1.54) is 0 Å². The zero-order valence-electron chi connectivity index (χ0n) is 16.8. The number of hydrogen-bond acceptors (Lipinski definition) is 5. The molecule has 1 heterocycles. The lowest BCUT2D eigenvalue weighted by atomic mass is 9.87. The molecule has 1 fully saturated rings. The third-order valence-corrected chi connectivity index (χ3v) is 5.13. The van der Waals surface area contributed by atoms with E-state index in [1.54, 1.807) is 14.0 Å². The molecule has 0 radical (unpaired) electrons. The fourth-order valence-corrected chi connectivity index (χ4v) is 3.53. The van der Waals surface area contributed by atoms with E-state index in [0.29, 0.717) is 12.8 Å². The second kappa shape index (κ2) is 10.2. The number of hydrogen-bond donors (Lipinski definition) is 1. The van der Waals surface area contributed by atoms with Gasteiger partial charge in [-0.05, 0) is 56.7 Å². The lowest BCUT2D eigenvalue weighted by Crippen LogP contribution is -2.41. The second-order valence-corrected chi connectivity index (χ2v) is 7.65. The summed E-state index contributed by atoms with van der Waals surface area (Å²) in [4.78, 5) is 12.1. The first-order valence-corrected chi connectivity index (χ1v) is 9.78. The Kier molecular flexibility index (Phi) is 8.19. The Labute approximate surface area is 165 Å². The van der Waals surface area contributed by atoms with Crippen molar-refractivity contribution in [3.63, 3.8) is 0 Å². The lowest BCUT2D eigenvalue weighted by Gasteiger charge is -2.31.